The Bertz CT molecular complexity index is 499. The smallest absolute Gasteiger partial charge is 0.346 e. The molecule has 1 aromatic carbocycles. The standard InChI is InChI=1S/C13H14Br2F3NO/c1-3-12(2,7-14)19-11(20)9-5-4-8(15)6-10(9)13(16,17)18/h4-6H,3,7H2,1-2H3,(H,19,20). The molecule has 0 radical (unpaired) electrons. The minimum absolute atomic E-state index is 0.278. The highest BCUT2D eigenvalue weighted by atomic mass is 79.9. The van der Waals surface area contributed by atoms with Crippen LogP contribution in [0, 0.1) is 0 Å². The zero-order valence-corrected chi connectivity index (χ0v) is 14.1. The predicted octanol–water partition coefficient (Wildman–Crippen LogP) is 4.76. The summed E-state index contributed by atoms with van der Waals surface area (Å²) in [5, 5.41) is 3.10. The Morgan fingerprint density at radius 1 is 1.35 bits per heavy atom. The highest BCUT2D eigenvalue weighted by molar-refractivity contribution is 9.10. The molecule has 0 spiro atoms. The number of benzene rings is 1. The fourth-order valence-corrected chi connectivity index (χ4v) is 2.40. The number of amides is 1. The molecular formula is C13H14Br2F3NO. The third-order valence-electron chi connectivity index (χ3n) is 3.02. The summed E-state index contributed by atoms with van der Waals surface area (Å²) >= 11 is 6.25. The van der Waals surface area contributed by atoms with Crippen molar-refractivity contribution in [3.05, 3.63) is 33.8 Å². The van der Waals surface area contributed by atoms with Crippen molar-refractivity contribution < 1.29 is 18.0 Å². The van der Waals surface area contributed by atoms with Crippen LogP contribution in [-0.4, -0.2) is 16.8 Å². The van der Waals surface area contributed by atoms with Gasteiger partial charge in [-0.25, -0.2) is 0 Å². The summed E-state index contributed by atoms with van der Waals surface area (Å²) in [4.78, 5) is 12.1. The Morgan fingerprint density at radius 3 is 2.40 bits per heavy atom. The van der Waals surface area contributed by atoms with Crippen molar-refractivity contribution in [2.45, 2.75) is 32.0 Å². The van der Waals surface area contributed by atoms with Gasteiger partial charge in [0.15, 0.2) is 0 Å². The first-order valence-corrected chi connectivity index (χ1v) is 7.79. The van der Waals surface area contributed by atoms with Gasteiger partial charge in [-0.2, -0.15) is 13.2 Å². The molecule has 0 bridgehead atoms. The van der Waals surface area contributed by atoms with Crippen LogP contribution in [-0.2, 0) is 6.18 Å². The second-order valence-corrected chi connectivity index (χ2v) is 6.17. The first kappa shape index (κ1) is 17.5. The number of carbonyl (C=O) groups is 1. The van der Waals surface area contributed by atoms with Crippen LogP contribution in [0.2, 0.25) is 0 Å². The van der Waals surface area contributed by atoms with E-state index in [0.717, 1.165) is 6.07 Å². The SMILES string of the molecule is CCC(C)(CBr)NC(=O)c1ccc(Br)cc1C(F)(F)F. The second-order valence-electron chi connectivity index (χ2n) is 4.69. The largest absolute Gasteiger partial charge is 0.417 e. The van der Waals surface area contributed by atoms with Gasteiger partial charge in [-0.1, -0.05) is 38.8 Å². The molecule has 0 saturated carbocycles. The van der Waals surface area contributed by atoms with E-state index in [2.05, 4.69) is 37.2 Å². The molecule has 0 aliphatic carbocycles. The van der Waals surface area contributed by atoms with Gasteiger partial charge in [0.1, 0.15) is 0 Å². The van der Waals surface area contributed by atoms with Crippen molar-refractivity contribution in [3.63, 3.8) is 0 Å². The van der Waals surface area contributed by atoms with Crippen molar-refractivity contribution in [1.82, 2.24) is 5.32 Å². The molecular weight excluding hydrogens is 403 g/mol. The van der Waals surface area contributed by atoms with E-state index >= 15 is 0 Å². The molecule has 1 amide bonds. The Kier molecular flexibility index (Phi) is 5.66. The van der Waals surface area contributed by atoms with Gasteiger partial charge in [0.2, 0.25) is 0 Å². The first-order valence-electron chi connectivity index (χ1n) is 5.88. The number of nitrogens with one attached hydrogen (secondary N) is 1. The van der Waals surface area contributed by atoms with Crippen molar-refractivity contribution >= 4 is 37.8 Å². The van der Waals surface area contributed by atoms with E-state index in [1.54, 1.807) is 6.92 Å². The lowest BCUT2D eigenvalue weighted by molar-refractivity contribution is -0.138. The summed E-state index contributed by atoms with van der Waals surface area (Å²) in [7, 11) is 0. The molecule has 1 N–H and O–H groups in total. The highest BCUT2D eigenvalue weighted by Gasteiger charge is 2.36. The van der Waals surface area contributed by atoms with Crippen molar-refractivity contribution in [1.29, 1.82) is 0 Å². The molecule has 0 aliphatic rings. The zero-order valence-electron chi connectivity index (χ0n) is 10.9. The van der Waals surface area contributed by atoms with Gasteiger partial charge in [0.25, 0.3) is 5.91 Å². The van der Waals surface area contributed by atoms with E-state index in [-0.39, 0.29) is 10.0 Å². The fraction of sp³-hybridized carbons (Fsp3) is 0.462. The minimum Gasteiger partial charge on any atom is -0.346 e. The summed E-state index contributed by atoms with van der Waals surface area (Å²) in [6.07, 6.45) is -3.98. The Hall–Kier alpha value is -0.560. The van der Waals surface area contributed by atoms with Crippen LogP contribution in [0.3, 0.4) is 0 Å². The maximum Gasteiger partial charge on any atom is 0.417 e. The molecule has 20 heavy (non-hydrogen) atoms. The number of alkyl halides is 4. The third-order valence-corrected chi connectivity index (χ3v) is 4.75. The lowest BCUT2D eigenvalue weighted by Gasteiger charge is -2.28. The Labute approximate surface area is 132 Å². The Morgan fingerprint density at radius 2 is 1.95 bits per heavy atom. The van der Waals surface area contributed by atoms with E-state index in [1.165, 1.54) is 12.1 Å². The number of halogens is 5. The molecule has 7 heteroatoms. The minimum atomic E-state index is -4.58. The van der Waals surface area contributed by atoms with E-state index < -0.39 is 23.2 Å². The predicted molar refractivity (Wildman–Crippen MR) is 79.1 cm³/mol. The molecule has 0 fully saturated rings. The summed E-state index contributed by atoms with van der Waals surface area (Å²) < 4.78 is 39.2. The number of rotatable bonds is 4. The van der Waals surface area contributed by atoms with Crippen molar-refractivity contribution in [3.8, 4) is 0 Å². The maximum atomic E-state index is 13.0. The lowest BCUT2D eigenvalue weighted by atomic mass is 10.00. The van der Waals surface area contributed by atoms with Crippen LogP contribution < -0.4 is 5.32 Å². The van der Waals surface area contributed by atoms with E-state index in [1.807, 2.05) is 6.92 Å². The first-order chi connectivity index (χ1) is 9.13. The summed E-state index contributed by atoms with van der Waals surface area (Å²) in [6, 6.07) is 3.50. The second kappa shape index (κ2) is 6.47. The molecule has 1 unspecified atom stereocenters. The quantitative estimate of drug-likeness (QED) is 0.704. The van der Waals surface area contributed by atoms with Crippen LogP contribution in [0.5, 0.6) is 0 Å². The van der Waals surface area contributed by atoms with Gasteiger partial charge in [-0.05, 0) is 31.5 Å². The van der Waals surface area contributed by atoms with E-state index in [4.69, 9.17) is 0 Å². The van der Waals surface area contributed by atoms with E-state index in [0.29, 0.717) is 11.8 Å². The molecule has 1 atom stereocenters. The van der Waals surface area contributed by atoms with E-state index in [9.17, 15) is 18.0 Å². The van der Waals surface area contributed by atoms with Gasteiger partial charge in [-0.15, -0.1) is 0 Å². The monoisotopic (exact) mass is 415 g/mol. The van der Waals surface area contributed by atoms with Gasteiger partial charge >= 0.3 is 6.18 Å². The van der Waals surface area contributed by atoms with Gasteiger partial charge in [0.05, 0.1) is 11.1 Å². The van der Waals surface area contributed by atoms with Gasteiger partial charge < -0.3 is 5.32 Å². The van der Waals surface area contributed by atoms with Gasteiger partial charge in [-0.3, -0.25) is 4.79 Å². The number of hydrogen-bond acceptors (Lipinski definition) is 1. The highest BCUT2D eigenvalue weighted by Crippen LogP contribution is 2.34. The average Bonchev–Trinajstić information content (AvgIpc) is 2.37. The van der Waals surface area contributed by atoms with Crippen LogP contribution in [0.15, 0.2) is 22.7 Å². The summed E-state index contributed by atoms with van der Waals surface area (Å²) in [5.74, 6) is -0.728. The molecule has 2 nitrogen and oxygen atoms in total. The zero-order chi connectivity index (χ0) is 15.6. The number of hydrogen-bond donors (Lipinski definition) is 1. The molecule has 112 valence electrons. The topological polar surface area (TPSA) is 29.1 Å². The van der Waals surface area contributed by atoms with Crippen LogP contribution in [0.1, 0.15) is 36.2 Å². The lowest BCUT2D eigenvalue weighted by Crippen LogP contribution is -2.47. The molecule has 0 saturated heterocycles. The fourth-order valence-electron chi connectivity index (χ4n) is 1.51. The summed E-state index contributed by atoms with van der Waals surface area (Å²) in [6.45, 7) is 3.62. The van der Waals surface area contributed by atoms with Crippen molar-refractivity contribution in [2.75, 3.05) is 5.33 Å². The molecule has 0 aliphatic heterocycles. The molecule has 0 aromatic heterocycles. The normalized spacial score (nSPS) is 14.8. The molecule has 1 aromatic rings. The van der Waals surface area contributed by atoms with Crippen LogP contribution in [0.4, 0.5) is 13.2 Å². The maximum absolute atomic E-state index is 13.0. The van der Waals surface area contributed by atoms with Crippen molar-refractivity contribution in [2.24, 2.45) is 0 Å². The van der Waals surface area contributed by atoms with Crippen LogP contribution >= 0.6 is 31.9 Å². The average molecular weight is 417 g/mol. The number of carbonyl (C=O) groups excluding carboxylic acids is 1. The third kappa shape index (κ3) is 4.22. The Balaban J connectivity index is 3.17. The molecule has 0 heterocycles. The molecule has 1 rings (SSSR count). The van der Waals surface area contributed by atoms with Gasteiger partial charge in [0, 0.05) is 15.3 Å². The summed E-state index contributed by atoms with van der Waals surface area (Å²) in [5.41, 5.74) is -1.91. The van der Waals surface area contributed by atoms with Crippen LogP contribution in [0.25, 0.3) is 0 Å².